The maximum atomic E-state index is 11.1. The van der Waals surface area contributed by atoms with Gasteiger partial charge >= 0.3 is 5.97 Å². The highest BCUT2D eigenvalue weighted by Gasteiger charge is 2.12. The van der Waals surface area contributed by atoms with Gasteiger partial charge < -0.3 is 9.84 Å². The average Bonchev–Trinajstić information content (AvgIpc) is 2.46. The molecule has 0 radical (unpaired) electrons. The summed E-state index contributed by atoms with van der Waals surface area (Å²) in [6, 6.07) is 9.27. The first kappa shape index (κ1) is 15.8. The largest absolute Gasteiger partial charge is 0.482 e. The van der Waals surface area contributed by atoms with E-state index in [9.17, 15) is 9.59 Å². The highest BCUT2D eigenvalue weighted by Crippen LogP contribution is 2.33. The van der Waals surface area contributed by atoms with Gasteiger partial charge in [-0.3, -0.25) is 4.79 Å². The summed E-state index contributed by atoms with van der Waals surface area (Å²) >= 11 is 0. The lowest BCUT2D eigenvalue weighted by Gasteiger charge is -2.16. The van der Waals surface area contributed by atoms with Crippen LogP contribution in [0.25, 0.3) is 11.1 Å². The second kappa shape index (κ2) is 6.43. The van der Waals surface area contributed by atoms with E-state index in [4.69, 9.17) is 9.84 Å². The van der Waals surface area contributed by atoms with Crippen LogP contribution in [0.2, 0.25) is 0 Å². The van der Waals surface area contributed by atoms with Crippen molar-refractivity contribution in [3.8, 4) is 16.9 Å². The minimum Gasteiger partial charge on any atom is -0.482 e. The van der Waals surface area contributed by atoms with Crippen molar-refractivity contribution in [1.82, 2.24) is 0 Å². The van der Waals surface area contributed by atoms with Gasteiger partial charge in [0.15, 0.2) is 6.61 Å². The highest BCUT2D eigenvalue weighted by atomic mass is 16.5. The Hall–Kier alpha value is -2.62. The predicted molar refractivity (Wildman–Crippen MR) is 84.6 cm³/mol. The Bertz CT molecular complexity index is 709. The second-order valence-corrected chi connectivity index (χ2v) is 5.25. The van der Waals surface area contributed by atoms with Crippen LogP contribution in [0.1, 0.15) is 27.0 Å². The molecule has 4 heteroatoms. The molecule has 0 unspecified atom stereocenters. The van der Waals surface area contributed by atoms with Crippen molar-refractivity contribution in [3.05, 3.63) is 52.6 Å². The van der Waals surface area contributed by atoms with Crippen LogP contribution < -0.4 is 4.74 Å². The number of aliphatic carboxylic acids is 1. The van der Waals surface area contributed by atoms with E-state index in [1.807, 2.05) is 45.0 Å². The maximum absolute atomic E-state index is 11.1. The van der Waals surface area contributed by atoms with Crippen molar-refractivity contribution in [1.29, 1.82) is 0 Å². The van der Waals surface area contributed by atoms with Gasteiger partial charge in [0.25, 0.3) is 0 Å². The minimum absolute atomic E-state index is 0.363. The van der Waals surface area contributed by atoms with Crippen molar-refractivity contribution in [2.24, 2.45) is 0 Å². The molecule has 0 saturated heterocycles. The van der Waals surface area contributed by atoms with Gasteiger partial charge in [-0.15, -0.1) is 0 Å². The minimum atomic E-state index is -1.01. The molecule has 2 aromatic rings. The molecule has 0 aliphatic carbocycles. The fourth-order valence-electron chi connectivity index (χ4n) is 2.63. The molecule has 0 atom stereocenters. The van der Waals surface area contributed by atoms with E-state index in [1.165, 1.54) is 0 Å². The molecule has 1 N–H and O–H groups in total. The third kappa shape index (κ3) is 3.17. The number of carboxylic acid groups (broad SMARTS) is 1. The van der Waals surface area contributed by atoms with Gasteiger partial charge in [0, 0.05) is 5.56 Å². The zero-order valence-electron chi connectivity index (χ0n) is 12.8. The molecule has 2 rings (SSSR count). The number of rotatable bonds is 5. The number of hydrogen-bond acceptors (Lipinski definition) is 3. The molecule has 0 amide bonds. The Morgan fingerprint density at radius 3 is 2.36 bits per heavy atom. The molecule has 114 valence electrons. The molecule has 4 nitrogen and oxygen atoms in total. The average molecular weight is 298 g/mol. The molecule has 0 spiro atoms. The molecule has 0 saturated carbocycles. The molecule has 2 aromatic carbocycles. The SMILES string of the molecule is Cc1cc(OCC(=O)O)cc(C)c1-c1cccc(C=O)c1C. The normalized spacial score (nSPS) is 10.3. The molecular formula is C18H18O4. The van der Waals surface area contributed by atoms with Crippen molar-refractivity contribution in [3.63, 3.8) is 0 Å². The van der Waals surface area contributed by atoms with Gasteiger partial charge in [-0.1, -0.05) is 18.2 Å². The van der Waals surface area contributed by atoms with Crippen LogP contribution >= 0.6 is 0 Å². The molecule has 22 heavy (non-hydrogen) atoms. The molecule has 0 aliphatic heterocycles. The molecule has 0 bridgehead atoms. The number of benzene rings is 2. The Morgan fingerprint density at radius 2 is 1.82 bits per heavy atom. The summed E-state index contributed by atoms with van der Waals surface area (Å²) in [7, 11) is 0. The number of aryl methyl sites for hydroxylation is 2. The first-order valence-corrected chi connectivity index (χ1v) is 6.95. The lowest BCUT2D eigenvalue weighted by Crippen LogP contribution is -2.09. The lowest BCUT2D eigenvalue weighted by molar-refractivity contribution is -0.139. The van der Waals surface area contributed by atoms with E-state index < -0.39 is 5.97 Å². The summed E-state index contributed by atoms with van der Waals surface area (Å²) in [5.41, 5.74) is 5.61. The number of hydrogen-bond donors (Lipinski definition) is 1. The number of carboxylic acids is 1. The molecule has 0 heterocycles. The van der Waals surface area contributed by atoms with Crippen LogP contribution in [0.15, 0.2) is 30.3 Å². The monoisotopic (exact) mass is 298 g/mol. The Kier molecular flexibility index (Phi) is 4.61. The standard InChI is InChI=1S/C18H18O4/c1-11-7-15(22-10-17(20)21)8-12(2)18(11)16-6-4-5-14(9-19)13(16)3/h4-9H,10H2,1-3H3,(H,20,21). The highest BCUT2D eigenvalue weighted by molar-refractivity contribution is 5.84. The zero-order chi connectivity index (χ0) is 16.3. The Balaban J connectivity index is 2.49. The first-order chi connectivity index (χ1) is 10.4. The van der Waals surface area contributed by atoms with E-state index in [-0.39, 0.29) is 6.61 Å². The fourth-order valence-corrected chi connectivity index (χ4v) is 2.63. The Morgan fingerprint density at radius 1 is 1.18 bits per heavy atom. The molecule has 0 fully saturated rings. The van der Waals surface area contributed by atoms with Gasteiger partial charge in [0.05, 0.1) is 0 Å². The third-order valence-corrected chi connectivity index (χ3v) is 3.64. The van der Waals surface area contributed by atoms with Gasteiger partial charge in [-0.2, -0.15) is 0 Å². The Labute approximate surface area is 129 Å². The van der Waals surface area contributed by atoms with Crippen LogP contribution in [-0.4, -0.2) is 24.0 Å². The summed E-state index contributed by atoms with van der Waals surface area (Å²) in [6.45, 7) is 5.45. The van der Waals surface area contributed by atoms with E-state index in [2.05, 4.69) is 0 Å². The third-order valence-electron chi connectivity index (χ3n) is 3.64. The zero-order valence-corrected chi connectivity index (χ0v) is 12.8. The second-order valence-electron chi connectivity index (χ2n) is 5.25. The fraction of sp³-hybridized carbons (Fsp3) is 0.222. The number of carbonyl (C=O) groups is 2. The van der Waals surface area contributed by atoms with E-state index in [0.29, 0.717) is 11.3 Å². The number of carbonyl (C=O) groups excluding carboxylic acids is 1. The summed E-state index contributed by atoms with van der Waals surface area (Å²) in [5, 5.41) is 8.68. The van der Waals surface area contributed by atoms with Crippen LogP contribution in [0, 0.1) is 20.8 Å². The molecular weight excluding hydrogens is 280 g/mol. The quantitative estimate of drug-likeness (QED) is 0.857. The maximum Gasteiger partial charge on any atom is 0.341 e. The molecule has 0 aliphatic rings. The van der Waals surface area contributed by atoms with Gasteiger partial charge in [0.2, 0.25) is 0 Å². The van der Waals surface area contributed by atoms with Crippen molar-refractivity contribution < 1.29 is 19.4 Å². The summed E-state index contributed by atoms with van der Waals surface area (Å²) in [4.78, 5) is 21.7. The topological polar surface area (TPSA) is 63.6 Å². The van der Waals surface area contributed by atoms with Gasteiger partial charge in [-0.05, 0) is 60.7 Å². The van der Waals surface area contributed by atoms with E-state index in [1.54, 1.807) is 6.07 Å². The summed E-state index contributed by atoms with van der Waals surface area (Å²) in [6.07, 6.45) is 0.855. The van der Waals surface area contributed by atoms with Gasteiger partial charge in [-0.25, -0.2) is 4.79 Å². The van der Waals surface area contributed by atoms with Crippen LogP contribution in [0.4, 0.5) is 0 Å². The summed E-state index contributed by atoms with van der Waals surface area (Å²) in [5.74, 6) is -0.473. The van der Waals surface area contributed by atoms with Gasteiger partial charge in [0.1, 0.15) is 12.0 Å². The lowest BCUT2D eigenvalue weighted by atomic mass is 9.90. The number of ether oxygens (including phenoxy) is 1. The van der Waals surface area contributed by atoms with Crippen molar-refractivity contribution >= 4 is 12.3 Å². The van der Waals surface area contributed by atoms with E-state index >= 15 is 0 Å². The molecule has 0 aromatic heterocycles. The van der Waals surface area contributed by atoms with Crippen LogP contribution in [0.5, 0.6) is 5.75 Å². The van der Waals surface area contributed by atoms with E-state index in [0.717, 1.165) is 34.1 Å². The van der Waals surface area contributed by atoms with Crippen molar-refractivity contribution in [2.45, 2.75) is 20.8 Å². The predicted octanol–water partition coefficient (Wildman–Crippen LogP) is 3.55. The smallest absolute Gasteiger partial charge is 0.341 e. The summed E-state index contributed by atoms with van der Waals surface area (Å²) < 4.78 is 5.24. The number of aldehydes is 1. The first-order valence-electron chi connectivity index (χ1n) is 6.95. The van der Waals surface area contributed by atoms with Crippen molar-refractivity contribution in [2.75, 3.05) is 6.61 Å². The van der Waals surface area contributed by atoms with Crippen LogP contribution in [0.3, 0.4) is 0 Å². The van der Waals surface area contributed by atoms with Crippen LogP contribution in [-0.2, 0) is 4.79 Å².